The van der Waals surface area contributed by atoms with E-state index in [1.807, 2.05) is 18.2 Å². The van der Waals surface area contributed by atoms with Crippen LogP contribution in [0.25, 0.3) is 0 Å². The van der Waals surface area contributed by atoms with Gasteiger partial charge in [0.1, 0.15) is 24.4 Å². The van der Waals surface area contributed by atoms with Crippen LogP contribution in [0.3, 0.4) is 0 Å². The Kier molecular flexibility index (Phi) is 9.69. The molecule has 0 bridgehead atoms. The van der Waals surface area contributed by atoms with Gasteiger partial charge in [-0.25, -0.2) is 9.59 Å². The fraction of sp³-hybridized carbons (Fsp3) is 0.304. The molecule has 0 aliphatic heterocycles. The average Bonchev–Trinajstić information content (AvgIpc) is 2.79. The van der Waals surface area contributed by atoms with E-state index in [9.17, 15) is 29.4 Å². The summed E-state index contributed by atoms with van der Waals surface area (Å²) in [6.45, 7) is 1.49. The van der Waals surface area contributed by atoms with Crippen LogP contribution in [0.2, 0.25) is 0 Å². The molecule has 2 rings (SSSR count). The van der Waals surface area contributed by atoms with Gasteiger partial charge in [0, 0.05) is 19.4 Å². The topological polar surface area (TPSA) is 154 Å². The number of carboxylic acids is 1. The Hall–Kier alpha value is -4.08. The number of phenols is 1. The fourth-order valence-electron chi connectivity index (χ4n) is 2.79. The zero-order valence-electron chi connectivity index (χ0n) is 18.1. The van der Waals surface area contributed by atoms with E-state index in [2.05, 4.69) is 16.0 Å². The van der Waals surface area contributed by atoms with E-state index >= 15 is 0 Å². The van der Waals surface area contributed by atoms with E-state index in [1.165, 1.54) is 19.1 Å². The molecule has 0 saturated heterocycles. The molecule has 0 heterocycles. The molecule has 5 N–H and O–H groups in total. The predicted molar refractivity (Wildman–Crippen MR) is 118 cm³/mol. The van der Waals surface area contributed by atoms with Crippen LogP contribution in [0.5, 0.6) is 5.75 Å². The van der Waals surface area contributed by atoms with Crippen molar-refractivity contribution in [3.8, 4) is 5.75 Å². The largest absolute Gasteiger partial charge is 0.508 e. The molecule has 3 amide bonds. The van der Waals surface area contributed by atoms with E-state index < -0.39 is 36.0 Å². The Bertz CT molecular complexity index is 948. The second-order valence-electron chi connectivity index (χ2n) is 7.30. The van der Waals surface area contributed by atoms with Gasteiger partial charge in [-0.1, -0.05) is 42.5 Å². The number of benzene rings is 2. The first kappa shape index (κ1) is 25.2. The minimum atomic E-state index is -1.20. The molecule has 33 heavy (non-hydrogen) atoms. The third kappa shape index (κ3) is 9.30. The Morgan fingerprint density at radius 2 is 1.61 bits per heavy atom. The molecule has 2 atom stereocenters. The lowest BCUT2D eigenvalue weighted by Gasteiger charge is -2.16. The summed E-state index contributed by atoms with van der Waals surface area (Å²) in [5, 5.41) is 25.9. The maximum absolute atomic E-state index is 12.1. The van der Waals surface area contributed by atoms with Crippen LogP contribution in [-0.2, 0) is 32.1 Å². The van der Waals surface area contributed by atoms with E-state index in [1.54, 1.807) is 24.3 Å². The number of amides is 3. The number of ether oxygens (including phenoxy) is 1. The molecule has 0 radical (unpaired) electrons. The monoisotopic (exact) mass is 457 g/mol. The van der Waals surface area contributed by atoms with E-state index in [4.69, 9.17) is 4.74 Å². The maximum Gasteiger partial charge on any atom is 0.408 e. The van der Waals surface area contributed by atoms with Crippen molar-refractivity contribution in [3.05, 3.63) is 65.7 Å². The van der Waals surface area contributed by atoms with Crippen molar-refractivity contribution in [1.82, 2.24) is 16.0 Å². The van der Waals surface area contributed by atoms with Crippen molar-refractivity contribution in [3.63, 3.8) is 0 Å². The Labute approximate surface area is 191 Å². The van der Waals surface area contributed by atoms with Crippen molar-refractivity contribution in [2.75, 3.05) is 6.54 Å². The maximum atomic E-state index is 12.1. The van der Waals surface area contributed by atoms with E-state index in [0.29, 0.717) is 5.56 Å². The first-order chi connectivity index (χ1) is 15.7. The van der Waals surface area contributed by atoms with Gasteiger partial charge in [-0.05, 0) is 30.2 Å². The van der Waals surface area contributed by atoms with Crippen LogP contribution in [0, 0.1) is 0 Å². The highest BCUT2D eigenvalue weighted by Gasteiger charge is 2.21. The minimum Gasteiger partial charge on any atom is -0.508 e. The van der Waals surface area contributed by atoms with Gasteiger partial charge >= 0.3 is 12.1 Å². The van der Waals surface area contributed by atoms with Crippen LogP contribution in [0.15, 0.2) is 54.6 Å². The van der Waals surface area contributed by atoms with Gasteiger partial charge < -0.3 is 30.9 Å². The number of nitrogens with one attached hydrogen (secondary N) is 3. The van der Waals surface area contributed by atoms with Crippen LogP contribution < -0.4 is 16.0 Å². The van der Waals surface area contributed by atoms with Crippen LogP contribution >= 0.6 is 0 Å². The Morgan fingerprint density at radius 1 is 0.939 bits per heavy atom. The van der Waals surface area contributed by atoms with Gasteiger partial charge in [0.2, 0.25) is 11.8 Å². The normalized spacial score (nSPS) is 12.2. The number of hydrogen-bond donors (Lipinski definition) is 5. The number of rotatable bonds is 11. The number of phenolic OH excluding ortho intramolecular Hbond substituents is 1. The third-order valence-corrected chi connectivity index (χ3v) is 4.60. The van der Waals surface area contributed by atoms with Gasteiger partial charge in [0.15, 0.2) is 0 Å². The second-order valence-corrected chi connectivity index (χ2v) is 7.30. The highest BCUT2D eigenvalue weighted by Crippen LogP contribution is 2.11. The first-order valence-corrected chi connectivity index (χ1v) is 10.3. The van der Waals surface area contributed by atoms with Gasteiger partial charge in [0.05, 0.1) is 0 Å². The lowest BCUT2D eigenvalue weighted by molar-refractivity contribution is -0.141. The quantitative estimate of drug-likeness (QED) is 0.341. The van der Waals surface area contributed by atoms with Crippen molar-refractivity contribution in [2.45, 2.75) is 38.5 Å². The van der Waals surface area contributed by atoms with Crippen molar-refractivity contribution < 1.29 is 34.1 Å². The second kappa shape index (κ2) is 12.7. The third-order valence-electron chi connectivity index (χ3n) is 4.60. The summed E-state index contributed by atoms with van der Waals surface area (Å²) in [5.74, 6) is -2.21. The number of hydrogen-bond acceptors (Lipinski definition) is 6. The fourth-order valence-corrected chi connectivity index (χ4v) is 2.79. The number of carbonyl (C=O) groups excluding carboxylic acids is 3. The minimum absolute atomic E-state index is 0.0404. The standard InChI is InChI=1S/C23H27N3O7/c1-15(25-23(32)33-14-17-5-3-2-4-6-17)21(29)24-12-11-20(28)26-19(22(30)31)13-16-7-9-18(27)10-8-16/h2-10,15,19,27H,11-14H2,1H3,(H,24,29)(H,25,32)(H,26,28)(H,30,31)/t15-,19-/m0/s1. The molecule has 2 aromatic carbocycles. The van der Waals surface area contributed by atoms with Crippen LogP contribution in [-0.4, -0.2) is 52.7 Å². The molecule has 0 aliphatic carbocycles. The van der Waals surface area contributed by atoms with Crippen molar-refractivity contribution in [1.29, 1.82) is 0 Å². The summed E-state index contributed by atoms with van der Waals surface area (Å²) in [5.41, 5.74) is 1.44. The van der Waals surface area contributed by atoms with Gasteiger partial charge in [-0.3, -0.25) is 9.59 Å². The van der Waals surface area contributed by atoms with Gasteiger partial charge in [0.25, 0.3) is 0 Å². The summed E-state index contributed by atoms with van der Waals surface area (Å²) in [4.78, 5) is 47.5. The number of carbonyl (C=O) groups is 4. The molecule has 176 valence electrons. The summed E-state index contributed by atoms with van der Waals surface area (Å²) in [6.07, 6.45) is -0.853. The summed E-state index contributed by atoms with van der Waals surface area (Å²) >= 11 is 0. The SMILES string of the molecule is C[C@H](NC(=O)OCc1ccccc1)C(=O)NCCC(=O)N[C@@H](Cc1ccc(O)cc1)C(=O)O. The molecule has 10 heteroatoms. The molecule has 0 unspecified atom stereocenters. The lowest BCUT2D eigenvalue weighted by atomic mass is 10.1. The lowest BCUT2D eigenvalue weighted by Crippen LogP contribution is -2.46. The number of aliphatic carboxylic acids is 1. The molecule has 0 aliphatic rings. The average molecular weight is 457 g/mol. The Morgan fingerprint density at radius 3 is 2.24 bits per heavy atom. The smallest absolute Gasteiger partial charge is 0.408 e. The molecule has 0 aromatic heterocycles. The zero-order chi connectivity index (χ0) is 24.2. The molecular weight excluding hydrogens is 430 g/mol. The highest BCUT2D eigenvalue weighted by atomic mass is 16.5. The Balaban J connectivity index is 1.69. The number of alkyl carbamates (subject to hydrolysis) is 1. The zero-order valence-corrected chi connectivity index (χ0v) is 18.1. The van der Waals surface area contributed by atoms with E-state index in [-0.39, 0.29) is 31.7 Å². The van der Waals surface area contributed by atoms with Crippen LogP contribution in [0.4, 0.5) is 4.79 Å². The van der Waals surface area contributed by atoms with Crippen molar-refractivity contribution >= 4 is 23.9 Å². The van der Waals surface area contributed by atoms with Gasteiger partial charge in [-0.15, -0.1) is 0 Å². The first-order valence-electron chi connectivity index (χ1n) is 10.3. The highest BCUT2D eigenvalue weighted by molar-refractivity contribution is 5.86. The molecule has 10 nitrogen and oxygen atoms in total. The molecule has 0 saturated carbocycles. The molecule has 2 aromatic rings. The molecule has 0 spiro atoms. The summed E-state index contributed by atoms with van der Waals surface area (Å²) in [7, 11) is 0. The summed E-state index contributed by atoms with van der Waals surface area (Å²) < 4.78 is 5.05. The number of carboxylic acid groups (broad SMARTS) is 1. The van der Waals surface area contributed by atoms with Crippen LogP contribution in [0.1, 0.15) is 24.5 Å². The molecule has 0 fully saturated rings. The van der Waals surface area contributed by atoms with Crippen molar-refractivity contribution in [2.24, 2.45) is 0 Å². The van der Waals surface area contributed by atoms with Gasteiger partial charge in [-0.2, -0.15) is 0 Å². The number of aromatic hydroxyl groups is 1. The molecular formula is C23H27N3O7. The predicted octanol–water partition coefficient (Wildman–Crippen LogP) is 1.33. The van der Waals surface area contributed by atoms with E-state index in [0.717, 1.165) is 5.56 Å². The summed E-state index contributed by atoms with van der Waals surface area (Å²) in [6, 6.07) is 13.0.